The first-order chi connectivity index (χ1) is 18.2. The molecule has 0 spiro atoms. The Bertz CT molecular complexity index is 1330. The first-order valence-corrected chi connectivity index (χ1v) is 14.3. The van der Waals surface area contributed by atoms with E-state index < -0.39 is 0 Å². The standard InChI is InChI=1S/C30H34N4O2S/c1-36-25-10-15-33(16-11-25)24-7-5-22(6-8-24)29-26-18-21(4-9-27(26)31-32-29)19-28(35)30(23-12-17-37-20-23)34-13-2-3-14-34/h4-9,12,17-18,20,25,30H,2-3,10-11,13-16,19H2,1H3,(H,31,32). The number of nitrogens with one attached hydrogen (secondary N) is 1. The average molecular weight is 515 g/mol. The maximum Gasteiger partial charge on any atom is 0.158 e. The summed E-state index contributed by atoms with van der Waals surface area (Å²) in [5.41, 5.74) is 6.42. The number of carbonyl (C=O) groups excluding carboxylic acids is 1. The van der Waals surface area contributed by atoms with Crippen LogP contribution in [0.5, 0.6) is 0 Å². The number of aromatic nitrogens is 2. The molecule has 4 heterocycles. The van der Waals surface area contributed by atoms with E-state index in [1.54, 1.807) is 18.4 Å². The van der Waals surface area contributed by atoms with E-state index in [0.717, 1.165) is 72.3 Å². The summed E-state index contributed by atoms with van der Waals surface area (Å²) in [6.45, 7) is 4.03. The summed E-state index contributed by atoms with van der Waals surface area (Å²) in [4.78, 5) is 18.4. The normalized spacial score (nSPS) is 18.0. The molecule has 1 atom stereocenters. The van der Waals surface area contributed by atoms with Gasteiger partial charge in [0, 0.05) is 43.3 Å². The number of ketones is 1. The van der Waals surface area contributed by atoms with E-state index in [-0.39, 0.29) is 11.8 Å². The monoisotopic (exact) mass is 514 g/mol. The molecule has 6 nitrogen and oxygen atoms in total. The van der Waals surface area contributed by atoms with E-state index in [1.165, 1.54) is 18.5 Å². The number of rotatable bonds is 8. The highest BCUT2D eigenvalue weighted by atomic mass is 32.1. The van der Waals surface area contributed by atoms with Crippen LogP contribution < -0.4 is 4.90 Å². The van der Waals surface area contributed by atoms with Gasteiger partial charge in [-0.3, -0.25) is 14.8 Å². The molecule has 37 heavy (non-hydrogen) atoms. The van der Waals surface area contributed by atoms with E-state index in [4.69, 9.17) is 4.74 Å². The summed E-state index contributed by atoms with van der Waals surface area (Å²) in [6, 6.07) is 16.9. The van der Waals surface area contributed by atoms with Crippen LogP contribution in [0.3, 0.4) is 0 Å². The number of thiophene rings is 1. The van der Waals surface area contributed by atoms with E-state index in [0.29, 0.717) is 12.5 Å². The predicted molar refractivity (Wildman–Crippen MR) is 150 cm³/mol. The zero-order chi connectivity index (χ0) is 25.2. The molecule has 2 fully saturated rings. The van der Waals surface area contributed by atoms with Gasteiger partial charge in [-0.2, -0.15) is 16.4 Å². The van der Waals surface area contributed by atoms with Crippen LogP contribution in [0.15, 0.2) is 59.3 Å². The number of H-pyrrole nitrogens is 1. The van der Waals surface area contributed by atoms with Gasteiger partial charge in [0.25, 0.3) is 0 Å². The Kier molecular flexibility index (Phi) is 7.09. The average Bonchev–Trinajstić information content (AvgIpc) is 3.72. The first-order valence-electron chi connectivity index (χ1n) is 13.3. The van der Waals surface area contributed by atoms with E-state index in [1.807, 2.05) is 0 Å². The maximum atomic E-state index is 13.6. The molecule has 2 aliphatic rings. The van der Waals surface area contributed by atoms with Crippen molar-refractivity contribution in [2.75, 3.05) is 38.2 Å². The van der Waals surface area contributed by atoms with Crippen molar-refractivity contribution < 1.29 is 9.53 Å². The van der Waals surface area contributed by atoms with Gasteiger partial charge in [-0.1, -0.05) is 18.2 Å². The number of carbonyl (C=O) groups is 1. The lowest BCUT2D eigenvalue weighted by atomic mass is 9.97. The molecule has 0 saturated carbocycles. The molecule has 192 valence electrons. The van der Waals surface area contributed by atoms with Gasteiger partial charge >= 0.3 is 0 Å². The molecule has 2 aliphatic heterocycles. The minimum Gasteiger partial charge on any atom is -0.381 e. The number of Topliss-reactive ketones (excluding diaryl/α,β-unsaturated/α-hetero) is 1. The number of likely N-dealkylation sites (tertiary alicyclic amines) is 1. The van der Waals surface area contributed by atoms with Gasteiger partial charge in [-0.25, -0.2) is 0 Å². The summed E-state index contributed by atoms with van der Waals surface area (Å²) < 4.78 is 5.51. The van der Waals surface area contributed by atoms with Crippen LogP contribution in [0, 0.1) is 0 Å². The molecule has 0 bridgehead atoms. The highest BCUT2D eigenvalue weighted by Crippen LogP contribution is 2.32. The Hall–Kier alpha value is -3.00. The summed E-state index contributed by atoms with van der Waals surface area (Å²) in [5, 5.41) is 13.1. The smallest absolute Gasteiger partial charge is 0.158 e. The number of ether oxygens (including phenoxy) is 1. The number of benzene rings is 2. The van der Waals surface area contributed by atoms with Crippen LogP contribution in [-0.4, -0.2) is 60.3 Å². The third-order valence-corrected chi connectivity index (χ3v) is 8.66. The molecule has 0 radical (unpaired) electrons. The summed E-state index contributed by atoms with van der Waals surface area (Å²) in [5.74, 6) is 0.270. The number of hydrogen-bond acceptors (Lipinski definition) is 6. The molecule has 0 amide bonds. The minimum absolute atomic E-state index is 0.144. The molecule has 0 aliphatic carbocycles. The van der Waals surface area contributed by atoms with Gasteiger partial charge in [0.1, 0.15) is 0 Å². The van der Waals surface area contributed by atoms with E-state index >= 15 is 0 Å². The molecular weight excluding hydrogens is 480 g/mol. The topological polar surface area (TPSA) is 61.5 Å². The number of piperidine rings is 1. The third-order valence-electron chi connectivity index (χ3n) is 7.96. The Morgan fingerprint density at radius 3 is 2.57 bits per heavy atom. The number of hydrogen-bond donors (Lipinski definition) is 1. The van der Waals surface area contributed by atoms with Crippen molar-refractivity contribution in [3.8, 4) is 11.3 Å². The van der Waals surface area contributed by atoms with Crippen molar-refractivity contribution in [1.82, 2.24) is 15.1 Å². The molecule has 7 heteroatoms. The molecule has 6 rings (SSSR count). The second-order valence-electron chi connectivity index (χ2n) is 10.3. The van der Waals surface area contributed by atoms with Crippen molar-refractivity contribution in [1.29, 1.82) is 0 Å². The molecule has 1 N–H and O–H groups in total. The van der Waals surface area contributed by atoms with Crippen molar-refractivity contribution >= 4 is 33.7 Å². The Balaban J connectivity index is 1.21. The van der Waals surface area contributed by atoms with Crippen LogP contribution in [0.1, 0.15) is 42.9 Å². The fraction of sp³-hybridized carbons (Fsp3) is 0.400. The number of methoxy groups -OCH3 is 1. The molecule has 4 aromatic rings. The lowest BCUT2D eigenvalue weighted by Crippen LogP contribution is -2.36. The number of nitrogens with zero attached hydrogens (tertiary/aromatic N) is 3. The second-order valence-corrected chi connectivity index (χ2v) is 11.0. The number of aromatic amines is 1. The summed E-state index contributed by atoms with van der Waals surface area (Å²) in [7, 11) is 1.81. The number of anilines is 1. The van der Waals surface area contributed by atoms with E-state index in [9.17, 15) is 4.79 Å². The Labute approximate surface area is 222 Å². The fourth-order valence-corrected chi connectivity index (χ4v) is 6.58. The Morgan fingerprint density at radius 2 is 1.86 bits per heavy atom. The second kappa shape index (κ2) is 10.8. The van der Waals surface area contributed by atoms with Gasteiger partial charge in [-0.15, -0.1) is 0 Å². The van der Waals surface area contributed by atoms with Crippen molar-refractivity contribution in [3.05, 3.63) is 70.4 Å². The van der Waals surface area contributed by atoms with Crippen LogP contribution >= 0.6 is 11.3 Å². The molecule has 2 aromatic carbocycles. The van der Waals surface area contributed by atoms with Gasteiger partial charge < -0.3 is 9.64 Å². The highest BCUT2D eigenvalue weighted by molar-refractivity contribution is 7.08. The lowest BCUT2D eigenvalue weighted by molar-refractivity contribution is -0.123. The Morgan fingerprint density at radius 1 is 1.08 bits per heavy atom. The van der Waals surface area contributed by atoms with Crippen LogP contribution in [0.2, 0.25) is 0 Å². The van der Waals surface area contributed by atoms with Crippen molar-refractivity contribution in [2.45, 2.75) is 44.2 Å². The minimum atomic E-state index is -0.144. The molecule has 1 unspecified atom stereocenters. The molecule has 2 aromatic heterocycles. The fourth-order valence-electron chi connectivity index (χ4n) is 5.90. The lowest BCUT2D eigenvalue weighted by Gasteiger charge is -2.33. The summed E-state index contributed by atoms with van der Waals surface area (Å²) >= 11 is 1.66. The van der Waals surface area contributed by atoms with Crippen LogP contribution in [0.4, 0.5) is 5.69 Å². The van der Waals surface area contributed by atoms with Gasteiger partial charge in [0.2, 0.25) is 0 Å². The van der Waals surface area contributed by atoms with Crippen molar-refractivity contribution in [2.24, 2.45) is 0 Å². The zero-order valence-corrected chi connectivity index (χ0v) is 22.2. The zero-order valence-electron chi connectivity index (χ0n) is 21.4. The largest absolute Gasteiger partial charge is 0.381 e. The van der Waals surface area contributed by atoms with Gasteiger partial charge in [-0.05, 0) is 91.0 Å². The molecule has 2 saturated heterocycles. The summed E-state index contributed by atoms with van der Waals surface area (Å²) in [6.07, 6.45) is 5.27. The number of fused-ring (bicyclic) bond motifs is 1. The predicted octanol–water partition coefficient (Wildman–Crippen LogP) is 5.86. The van der Waals surface area contributed by atoms with Crippen molar-refractivity contribution in [3.63, 3.8) is 0 Å². The van der Waals surface area contributed by atoms with Gasteiger partial charge in [0.15, 0.2) is 5.78 Å². The van der Waals surface area contributed by atoms with Gasteiger partial charge in [0.05, 0.1) is 23.4 Å². The quantitative estimate of drug-likeness (QED) is 0.319. The van der Waals surface area contributed by atoms with Crippen LogP contribution in [0.25, 0.3) is 22.2 Å². The van der Waals surface area contributed by atoms with Crippen LogP contribution in [-0.2, 0) is 16.0 Å². The van der Waals surface area contributed by atoms with E-state index in [2.05, 4.69) is 79.3 Å². The highest BCUT2D eigenvalue weighted by Gasteiger charge is 2.30. The first kappa shape index (κ1) is 24.3. The third kappa shape index (κ3) is 5.08. The maximum absolute atomic E-state index is 13.6. The SMILES string of the molecule is COC1CCN(c2ccc(-c3n[nH]c4ccc(CC(=O)C(c5ccsc5)N5CCCC5)cc34)cc2)CC1. The molecular formula is C30H34N4O2S.